The van der Waals surface area contributed by atoms with Gasteiger partial charge in [-0.15, -0.1) is 0 Å². The summed E-state index contributed by atoms with van der Waals surface area (Å²) < 4.78 is 2.99. The van der Waals surface area contributed by atoms with E-state index < -0.39 is 0 Å². The Morgan fingerprint density at radius 3 is 2.78 bits per heavy atom. The average Bonchev–Trinajstić information content (AvgIpc) is 2.77. The van der Waals surface area contributed by atoms with E-state index >= 15 is 0 Å². The van der Waals surface area contributed by atoms with Crippen molar-refractivity contribution in [3.8, 4) is 11.6 Å². The molecule has 18 heavy (non-hydrogen) atoms. The van der Waals surface area contributed by atoms with E-state index in [1.807, 2.05) is 24.7 Å². The molecule has 2 heterocycles. The van der Waals surface area contributed by atoms with Crippen molar-refractivity contribution in [3.63, 3.8) is 0 Å². The first kappa shape index (κ1) is 13.3. The molecule has 0 bridgehead atoms. The second-order valence-electron chi connectivity index (χ2n) is 4.08. The van der Waals surface area contributed by atoms with Crippen molar-refractivity contribution in [2.45, 2.75) is 20.3 Å². The van der Waals surface area contributed by atoms with Crippen LogP contribution in [0.1, 0.15) is 19.0 Å². The molecule has 5 nitrogen and oxygen atoms in total. The molecule has 0 aliphatic carbocycles. The molecule has 0 spiro atoms. The monoisotopic (exact) mass is 357 g/mol. The quantitative estimate of drug-likeness (QED) is 0.855. The summed E-state index contributed by atoms with van der Waals surface area (Å²) in [5, 5.41) is 3.33. The van der Waals surface area contributed by atoms with E-state index in [1.54, 1.807) is 6.20 Å². The van der Waals surface area contributed by atoms with Crippen LogP contribution in [-0.4, -0.2) is 26.1 Å². The van der Waals surface area contributed by atoms with Crippen LogP contribution in [0.15, 0.2) is 12.4 Å². The molecular weight excluding hydrogens is 341 g/mol. The lowest BCUT2D eigenvalue weighted by Gasteiger charge is -2.10. The molecule has 0 amide bonds. The van der Waals surface area contributed by atoms with Crippen LogP contribution in [0.4, 0.5) is 5.82 Å². The molecule has 0 atom stereocenters. The zero-order chi connectivity index (χ0) is 13.1. The third kappa shape index (κ3) is 2.63. The highest BCUT2D eigenvalue weighted by Crippen LogP contribution is 2.22. The molecule has 0 aromatic carbocycles. The zero-order valence-corrected chi connectivity index (χ0v) is 12.9. The molecule has 2 rings (SSSR count). The number of nitrogens with one attached hydrogen (secondary N) is 1. The Balaban J connectivity index is 2.44. The van der Waals surface area contributed by atoms with Gasteiger partial charge >= 0.3 is 0 Å². The molecule has 0 fully saturated rings. The summed E-state index contributed by atoms with van der Waals surface area (Å²) in [6.45, 7) is 5.03. The highest BCUT2D eigenvalue weighted by atomic mass is 127. The molecule has 2 aromatic rings. The van der Waals surface area contributed by atoms with Crippen LogP contribution < -0.4 is 5.32 Å². The van der Waals surface area contributed by atoms with Crippen molar-refractivity contribution in [1.29, 1.82) is 0 Å². The van der Waals surface area contributed by atoms with Crippen LogP contribution in [0.3, 0.4) is 0 Å². The molecule has 0 radical (unpaired) electrons. The maximum Gasteiger partial charge on any atom is 0.198 e. The summed E-state index contributed by atoms with van der Waals surface area (Å²) in [5.41, 5.74) is 0.974. The second-order valence-corrected chi connectivity index (χ2v) is 5.16. The van der Waals surface area contributed by atoms with Gasteiger partial charge in [0.2, 0.25) is 0 Å². The molecule has 0 saturated heterocycles. The van der Waals surface area contributed by atoms with Gasteiger partial charge in [-0.2, -0.15) is 0 Å². The summed E-state index contributed by atoms with van der Waals surface area (Å²) in [4.78, 5) is 13.3. The van der Waals surface area contributed by atoms with E-state index in [-0.39, 0.29) is 0 Å². The van der Waals surface area contributed by atoms with Crippen molar-refractivity contribution in [2.75, 3.05) is 11.9 Å². The number of nitrogens with zero attached hydrogens (tertiary/aromatic N) is 4. The number of hydrogen-bond acceptors (Lipinski definition) is 4. The predicted octanol–water partition coefficient (Wildman–Crippen LogP) is 2.61. The summed E-state index contributed by atoms with van der Waals surface area (Å²) >= 11 is 2.27. The number of rotatable bonds is 4. The van der Waals surface area contributed by atoms with E-state index in [4.69, 9.17) is 0 Å². The lowest BCUT2D eigenvalue weighted by Crippen LogP contribution is -2.08. The van der Waals surface area contributed by atoms with Gasteiger partial charge in [-0.25, -0.2) is 15.0 Å². The Morgan fingerprint density at radius 2 is 2.17 bits per heavy atom. The Morgan fingerprint density at radius 1 is 1.39 bits per heavy atom. The van der Waals surface area contributed by atoms with Crippen molar-refractivity contribution >= 4 is 28.4 Å². The topological polar surface area (TPSA) is 55.6 Å². The van der Waals surface area contributed by atoms with Crippen molar-refractivity contribution < 1.29 is 0 Å². The lowest BCUT2D eigenvalue weighted by atomic mass is 10.4. The smallest absolute Gasteiger partial charge is 0.198 e. The first-order valence-corrected chi connectivity index (χ1v) is 6.97. The highest BCUT2D eigenvalue weighted by molar-refractivity contribution is 14.1. The Labute approximate surface area is 120 Å². The first-order chi connectivity index (χ1) is 8.63. The molecule has 6 heteroatoms. The fourth-order valence-electron chi connectivity index (χ4n) is 1.60. The van der Waals surface area contributed by atoms with Crippen molar-refractivity contribution in [3.05, 3.63) is 21.7 Å². The fourth-order valence-corrected chi connectivity index (χ4v) is 2.03. The van der Waals surface area contributed by atoms with Gasteiger partial charge in [-0.05, 0) is 35.9 Å². The summed E-state index contributed by atoms with van der Waals surface area (Å²) in [6.07, 6.45) is 4.72. The minimum Gasteiger partial charge on any atom is -0.369 e. The number of anilines is 1. The molecule has 0 saturated carbocycles. The Hall–Kier alpha value is -1.18. The minimum atomic E-state index is 0.666. The van der Waals surface area contributed by atoms with Crippen molar-refractivity contribution in [1.82, 2.24) is 19.5 Å². The van der Waals surface area contributed by atoms with Crippen LogP contribution in [-0.2, 0) is 7.05 Å². The zero-order valence-electron chi connectivity index (χ0n) is 10.7. The first-order valence-electron chi connectivity index (χ1n) is 5.89. The molecule has 0 unspecified atom stereocenters. The van der Waals surface area contributed by atoms with Gasteiger partial charge in [0.1, 0.15) is 5.82 Å². The normalized spacial score (nSPS) is 10.7. The van der Waals surface area contributed by atoms with Crippen LogP contribution >= 0.6 is 22.6 Å². The van der Waals surface area contributed by atoms with Gasteiger partial charge in [0.15, 0.2) is 11.6 Å². The highest BCUT2D eigenvalue weighted by Gasteiger charge is 2.13. The molecule has 0 aliphatic heterocycles. The van der Waals surface area contributed by atoms with Gasteiger partial charge in [-0.1, -0.05) is 6.92 Å². The van der Waals surface area contributed by atoms with Crippen LogP contribution in [0, 0.1) is 10.5 Å². The summed E-state index contributed by atoms with van der Waals surface area (Å²) in [6, 6.07) is 0. The number of aryl methyl sites for hydroxylation is 2. The predicted molar refractivity (Wildman–Crippen MR) is 80.5 cm³/mol. The largest absolute Gasteiger partial charge is 0.369 e. The van der Waals surface area contributed by atoms with Gasteiger partial charge in [0, 0.05) is 26.0 Å². The average molecular weight is 357 g/mol. The summed E-state index contributed by atoms with van der Waals surface area (Å²) in [7, 11) is 1.94. The molecular formula is C12H16IN5. The van der Waals surface area contributed by atoms with E-state index in [0.717, 1.165) is 33.9 Å². The maximum atomic E-state index is 4.56. The van der Waals surface area contributed by atoms with Crippen LogP contribution in [0.5, 0.6) is 0 Å². The van der Waals surface area contributed by atoms with Crippen LogP contribution in [0.25, 0.3) is 11.6 Å². The lowest BCUT2D eigenvalue weighted by molar-refractivity contribution is 0.897. The van der Waals surface area contributed by atoms with Gasteiger partial charge in [-0.3, -0.25) is 0 Å². The fraction of sp³-hybridized carbons (Fsp3) is 0.417. The third-order valence-corrected chi connectivity index (χ3v) is 3.87. The maximum absolute atomic E-state index is 4.56. The molecule has 1 N–H and O–H groups in total. The second kappa shape index (κ2) is 5.64. The molecule has 2 aromatic heterocycles. The number of aromatic nitrogens is 4. The Kier molecular flexibility index (Phi) is 4.15. The number of imidazole rings is 1. The van der Waals surface area contributed by atoms with Gasteiger partial charge < -0.3 is 9.88 Å². The van der Waals surface area contributed by atoms with Gasteiger partial charge in [0.25, 0.3) is 0 Å². The van der Waals surface area contributed by atoms with Crippen LogP contribution in [0.2, 0.25) is 0 Å². The minimum absolute atomic E-state index is 0.666. The van der Waals surface area contributed by atoms with Crippen molar-refractivity contribution in [2.24, 2.45) is 7.05 Å². The third-order valence-electron chi connectivity index (χ3n) is 2.58. The molecule has 96 valence electrons. The Bertz CT molecular complexity index is 549. The van der Waals surface area contributed by atoms with E-state index in [0.29, 0.717) is 5.82 Å². The van der Waals surface area contributed by atoms with E-state index in [2.05, 4.69) is 49.8 Å². The van der Waals surface area contributed by atoms with Gasteiger partial charge in [0.05, 0.1) is 9.26 Å². The molecule has 0 aliphatic rings. The standard InChI is InChI=1S/C12H16IN5/c1-4-5-14-10-9(13)8(2)16-11(17-10)12-15-6-7-18(12)3/h6-7H,4-5H2,1-3H3,(H,14,16,17). The van der Waals surface area contributed by atoms with E-state index in [9.17, 15) is 0 Å². The number of hydrogen-bond donors (Lipinski definition) is 1. The summed E-state index contributed by atoms with van der Waals surface area (Å²) in [5.74, 6) is 2.34. The number of halogens is 1. The van der Waals surface area contributed by atoms with E-state index in [1.165, 1.54) is 0 Å². The SMILES string of the molecule is CCCNc1nc(-c2nccn2C)nc(C)c1I.